The zero-order valence-corrected chi connectivity index (χ0v) is 16.0. The number of piperidine rings is 1. The molecule has 2 aliphatic rings. The molecular weight excluding hydrogens is 328 g/mol. The van der Waals surface area contributed by atoms with Crippen LogP contribution in [0.2, 0.25) is 0 Å². The van der Waals surface area contributed by atoms with Gasteiger partial charge in [-0.2, -0.15) is 0 Å². The van der Waals surface area contributed by atoms with Gasteiger partial charge in [0, 0.05) is 43.0 Å². The SMILES string of the molecule is CCOC1CC(N)(C(=O)N2CCC(C(=O)c3ccccc3)CC2)C1(C)C. The summed E-state index contributed by atoms with van der Waals surface area (Å²) in [6.45, 7) is 7.81. The summed E-state index contributed by atoms with van der Waals surface area (Å²) in [5.41, 5.74) is 6.03. The Morgan fingerprint density at radius 1 is 1.19 bits per heavy atom. The van der Waals surface area contributed by atoms with Crippen LogP contribution in [-0.4, -0.2) is 47.9 Å². The van der Waals surface area contributed by atoms with E-state index in [1.165, 1.54) is 0 Å². The maximum Gasteiger partial charge on any atom is 0.243 e. The summed E-state index contributed by atoms with van der Waals surface area (Å²) in [6.07, 6.45) is 1.99. The molecule has 5 nitrogen and oxygen atoms in total. The van der Waals surface area contributed by atoms with Crippen molar-refractivity contribution in [1.29, 1.82) is 0 Å². The average molecular weight is 358 g/mol. The van der Waals surface area contributed by atoms with Gasteiger partial charge >= 0.3 is 0 Å². The van der Waals surface area contributed by atoms with Gasteiger partial charge in [0.2, 0.25) is 5.91 Å². The Morgan fingerprint density at radius 2 is 1.81 bits per heavy atom. The fraction of sp³-hybridized carbons (Fsp3) is 0.619. The monoisotopic (exact) mass is 358 g/mol. The number of nitrogens with zero attached hydrogens (tertiary/aromatic N) is 1. The molecule has 1 aliphatic heterocycles. The van der Waals surface area contributed by atoms with Crippen molar-refractivity contribution in [3.63, 3.8) is 0 Å². The van der Waals surface area contributed by atoms with Crippen molar-refractivity contribution in [2.24, 2.45) is 17.1 Å². The molecule has 1 amide bonds. The molecule has 5 heteroatoms. The predicted molar refractivity (Wildman–Crippen MR) is 101 cm³/mol. The van der Waals surface area contributed by atoms with E-state index in [0.717, 1.165) is 5.56 Å². The summed E-state index contributed by atoms with van der Waals surface area (Å²) in [4.78, 5) is 27.5. The molecule has 1 aliphatic carbocycles. The molecule has 1 saturated heterocycles. The van der Waals surface area contributed by atoms with Crippen LogP contribution in [0.4, 0.5) is 0 Å². The highest BCUT2D eigenvalue weighted by Crippen LogP contribution is 2.50. The maximum absolute atomic E-state index is 13.1. The summed E-state index contributed by atoms with van der Waals surface area (Å²) >= 11 is 0. The molecule has 0 radical (unpaired) electrons. The second-order valence-corrected chi connectivity index (χ2v) is 8.14. The highest BCUT2D eigenvalue weighted by Gasteiger charge is 2.63. The number of likely N-dealkylation sites (tertiary alicyclic amines) is 1. The minimum Gasteiger partial charge on any atom is -0.378 e. The molecule has 2 fully saturated rings. The molecule has 0 bridgehead atoms. The van der Waals surface area contributed by atoms with Crippen LogP contribution in [0.15, 0.2) is 30.3 Å². The lowest BCUT2D eigenvalue weighted by atomic mass is 9.54. The van der Waals surface area contributed by atoms with Crippen molar-refractivity contribution in [3.8, 4) is 0 Å². The second-order valence-electron chi connectivity index (χ2n) is 8.14. The van der Waals surface area contributed by atoms with Crippen LogP contribution in [0.5, 0.6) is 0 Å². The van der Waals surface area contributed by atoms with Gasteiger partial charge in [-0.1, -0.05) is 44.2 Å². The Bertz CT molecular complexity index is 665. The first kappa shape index (κ1) is 19.1. The van der Waals surface area contributed by atoms with Gasteiger partial charge in [-0.05, 0) is 19.8 Å². The molecule has 0 aromatic heterocycles. The van der Waals surface area contributed by atoms with E-state index in [1.54, 1.807) is 0 Å². The van der Waals surface area contributed by atoms with Crippen LogP contribution in [0.1, 0.15) is 50.4 Å². The van der Waals surface area contributed by atoms with Gasteiger partial charge in [-0.25, -0.2) is 0 Å². The van der Waals surface area contributed by atoms with E-state index in [-0.39, 0.29) is 29.1 Å². The topological polar surface area (TPSA) is 72.6 Å². The Morgan fingerprint density at radius 3 is 2.35 bits per heavy atom. The molecule has 0 spiro atoms. The van der Waals surface area contributed by atoms with Gasteiger partial charge < -0.3 is 15.4 Å². The number of ether oxygens (including phenoxy) is 1. The minimum atomic E-state index is -0.872. The lowest BCUT2D eigenvalue weighted by Gasteiger charge is -2.59. The van der Waals surface area contributed by atoms with Crippen LogP contribution < -0.4 is 5.73 Å². The third-order valence-corrected chi connectivity index (χ3v) is 6.42. The number of carbonyl (C=O) groups excluding carboxylic acids is 2. The van der Waals surface area contributed by atoms with Gasteiger partial charge in [-0.3, -0.25) is 9.59 Å². The number of rotatable bonds is 5. The summed E-state index contributed by atoms with van der Waals surface area (Å²) < 4.78 is 5.73. The third kappa shape index (κ3) is 3.08. The molecule has 3 rings (SSSR count). The second kappa shape index (κ2) is 7.12. The van der Waals surface area contributed by atoms with E-state index < -0.39 is 5.54 Å². The van der Waals surface area contributed by atoms with Crippen molar-refractivity contribution < 1.29 is 14.3 Å². The Hall–Kier alpha value is -1.72. The number of benzene rings is 1. The summed E-state index contributed by atoms with van der Waals surface area (Å²) in [6, 6.07) is 9.41. The molecule has 1 aromatic rings. The number of amides is 1. The van der Waals surface area contributed by atoms with Crippen molar-refractivity contribution in [2.75, 3.05) is 19.7 Å². The van der Waals surface area contributed by atoms with Crippen LogP contribution >= 0.6 is 0 Å². The van der Waals surface area contributed by atoms with Gasteiger partial charge in [0.15, 0.2) is 5.78 Å². The number of nitrogens with two attached hydrogens (primary N) is 1. The normalized spacial score (nSPS) is 28.5. The number of Topliss-reactive ketones (excluding diaryl/α,β-unsaturated/α-hetero) is 1. The first-order chi connectivity index (χ1) is 12.3. The minimum absolute atomic E-state index is 0.00376. The van der Waals surface area contributed by atoms with Gasteiger partial charge in [0.05, 0.1) is 6.10 Å². The first-order valence-corrected chi connectivity index (χ1v) is 9.60. The number of ketones is 1. The van der Waals surface area contributed by atoms with E-state index in [0.29, 0.717) is 39.0 Å². The third-order valence-electron chi connectivity index (χ3n) is 6.42. The number of hydrogen-bond acceptors (Lipinski definition) is 4. The Balaban J connectivity index is 1.60. The summed E-state index contributed by atoms with van der Waals surface area (Å²) in [7, 11) is 0. The van der Waals surface area contributed by atoms with Crippen molar-refractivity contribution in [2.45, 2.75) is 51.7 Å². The molecule has 26 heavy (non-hydrogen) atoms. The van der Waals surface area contributed by atoms with Gasteiger partial charge in [-0.15, -0.1) is 0 Å². The smallest absolute Gasteiger partial charge is 0.243 e. The van der Waals surface area contributed by atoms with E-state index in [1.807, 2.05) is 56.0 Å². The molecule has 2 N–H and O–H groups in total. The summed E-state index contributed by atoms with van der Waals surface area (Å²) in [5.74, 6) is 0.172. The molecule has 1 heterocycles. The number of hydrogen-bond donors (Lipinski definition) is 1. The van der Waals surface area contributed by atoms with Crippen LogP contribution in [0, 0.1) is 11.3 Å². The first-order valence-electron chi connectivity index (χ1n) is 9.60. The maximum atomic E-state index is 13.1. The number of carbonyl (C=O) groups is 2. The molecule has 2 unspecified atom stereocenters. The zero-order valence-electron chi connectivity index (χ0n) is 16.0. The van der Waals surface area contributed by atoms with E-state index in [2.05, 4.69) is 0 Å². The highest BCUT2D eigenvalue weighted by atomic mass is 16.5. The van der Waals surface area contributed by atoms with Crippen molar-refractivity contribution >= 4 is 11.7 Å². The fourth-order valence-corrected chi connectivity index (χ4v) is 4.26. The fourth-order valence-electron chi connectivity index (χ4n) is 4.26. The quantitative estimate of drug-likeness (QED) is 0.821. The molecule has 2 atom stereocenters. The average Bonchev–Trinajstić information content (AvgIpc) is 2.67. The van der Waals surface area contributed by atoms with E-state index in [4.69, 9.17) is 10.5 Å². The van der Waals surface area contributed by atoms with Gasteiger partial charge in [0.25, 0.3) is 0 Å². The Labute approximate surface area is 155 Å². The van der Waals surface area contributed by atoms with E-state index in [9.17, 15) is 9.59 Å². The highest BCUT2D eigenvalue weighted by molar-refractivity contribution is 5.98. The van der Waals surface area contributed by atoms with Crippen LogP contribution in [0.3, 0.4) is 0 Å². The van der Waals surface area contributed by atoms with Crippen molar-refractivity contribution in [1.82, 2.24) is 4.90 Å². The lowest BCUT2D eigenvalue weighted by molar-refractivity contribution is -0.180. The molecule has 142 valence electrons. The molecular formula is C21H30N2O3. The van der Waals surface area contributed by atoms with Crippen LogP contribution in [0.25, 0.3) is 0 Å². The van der Waals surface area contributed by atoms with Crippen molar-refractivity contribution in [3.05, 3.63) is 35.9 Å². The predicted octanol–water partition coefficient (Wildman–Crippen LogP) is 2.64. The largest absolute Gasteiger partial charge is 0.378 e. The zero-order chi connectivity index (χ0) is 18.9. The standard InChI is InChI=1S/C21H30N2O3/c1-4-26-17-14-21(22,20(17,2)3)19(25)23-12-10-16(11-13-23)18(24)15-8-6-5-7-9-15/h5-9,16-17H,4,10-14,22H2,1-3H3. The van der Waals surface area contributed by atoms with E-state index >= 15 is 0 Å². The molecule has 1 saturated carbocycles. The van der Waals surface area contributed by atoms with Gasteiger partial charge in [0.1, 0.15) is 5.54 Å². The Kier molecular flexibility index (Phi) is 5.22. The summed E-state index contributed by atoms with van der Waals surface area (Å²) in [5, 5.41) is 0. The van der Waals surface area contributed by atoms with Crippen LogP contribution in [-0.2, 0) is 9.53 Å². The molecule has 1 aromatic carbocycles. The lowest BCUT2D eigenvalue weighted by Crippen LogP contribution is -2.76.